The molecule has 0 heterocycles. The topological polar surface area (TPSA) is 75.6 Å². The van der Waals surface area contributed by atoms with Crippen molar-refractivity contribution in [2.45, 2.75) is 5.92 Å². The van der Waals surface area contributed by atoms with E-state index in [1.807, 2.05) is 60.7 Å². The number of carbonyl (C=O) groups excluding carboxylic acids is 1. The van der Waals surface area contributed by atoms with Crippen LogP contribution in [-0.2, 0) is 4.74 Å². The van der Waals surface area contributed by atoms with E-state index in [9.17, 15) is 14.7 Å². The van der Waals surface area contributed by atoms with Gasteiger partial charge in [-0.1, -0.05) is 72.8 Å². The van der Waals surface area contributed by atoms with Crippen LogP contribution in [0.1, 0.15) is 27.4 Å². The molecule has 2 N–H and O–H groups in total. The van der Waals surface area contributed by atoms with Crippen molar-refractivity contribution in [2.24, 2.45) is 0 Å². The Bertz CT molecular complexity index is 1280. The molecule has 0 saturated heterocycles. The number of ether oxygens (including phenoxy) is 1. The number of aromatic carboxylic acids is 1. The fourth-order valence-corrected chi connectivity index (χ4v) is 4.27. The molecule has 0 fully saturated rings. The molecule has 0 aliphatic heterocycles. The second-order valence-electron chi connectivity index (χ2n) is 7.50. The second-order valence-corrected chi connectivity index (χ2v) is 7.50. The molecule has 0 saturated carbocycles. The SMILES string of the molecule is O=C(Nc1cc2ccccc2cc1C(=O)O)OCC1c2ccccc2-c2ccccc21. The van der Waals surface area contributed by atoms with Crippen molar-refractivity contribution in [1.82, 2.24) is 0 Å². The van der Waals surface area contributed by atoms with E-state index >= 15 is 0 Å². The Labute approximate surface area is 178 Å². The number of hydrogen-bond acceptors (Lipinski definition) is 3. The van der Waals surface area contributed by atoms with E-state index < -0.39 is 12.1 Å². The third-order valence-electron chi connectivity index (χ3n) is 5.70. The van der Waals surface area contributed by atoms with E-state index in [2.05, 4.69) is 17.4 Å². The van der Waals surface area contributed by atoms with Gasteiger partial charge in [-0.25, -0.2) is 9.59 Å². The number of fused-ring (bicyclic) bond motifs is 4. The van der Waals surface area contributed by atoms with Crippen molar-refractivity contribution in [3.8, 4) is 11.1 Å². The van der Waals surface area contributed by atoms with Crippen LogP contribution in [0.5, 0.6) is 0 Å². The number of carbonyl (C=O) groups is 2. The van der Waals surface area contributed by atoms with E-state index in [0.29, 0.717) is 0 Å². The quantitative estimate of drug-likeness (QED) is 0.440. The molecular weight excluding hydrogens is 390 g/mol. The van der Waals surface area contributed by atoms with E-state index in [0.717, 1.165) is 33.0 Å². The Morgan fingerprint density at radius 1 is 0.806 bits per heavy atom. The highest BCUT2D eigenvalue weighted by molar-refractivity contribution is 6.04. The normalized spacial score (nSPS) is 12.3. The van der Waals surface area contributed by atoms with Crippen LogP contribution in [0.15, 0.2) is 84.9 Å². The molecule has 0 unspecified atom stereocenters. The summed E-state index contributed by atoms with van der Waals surface area (Å²) in [4.78, 5) is 24.3. The molecule has 0 radical (unpaired) electrons. The predicted octanol–water partition coefficient (Wildman–Crippen LogP) is 5.90. The van der Waals surface area contributed by atoms with Gasteiger partial charge >= 0.3 is 12.1 Å². The number of carboxylic acids is 1. The van der Waals surface area contributed by atoms with Crippen molar-refractivity contribution in [2.75, 3.05) is 11.9 Å². The molecule has 5 heteroatoms. The number of nitrogens with one attached hydrogen (secondary N) is 1. The molecule has 31 heavy (non-hydrogen) atoms. The summed E-state index contributed by atoms with van der Waals surface area (Å²) in [5.41, 5.74) is 4.77. The van der Waals surface area contributed by atoms with Gasteiger partial charge < -0.3 is 9.84 Å². The van der Waals surface area contributed by atoms with Crippen molar-refractivity contribution >= 4 is 28.5 Å². The summed E-state index contributed by atoms with van der Waals surface area (Å²) in [6.07, 6.45) is -0.681. The first-order chi connectivity index (χ1) is 15.1. The van der Waals surface area contributed by atoms with Crippen LogP contribution >= 0.6 is 0 Å². The minimum atomic E-state index is -1.11. The molecule has 5 rings (SSSR count). The van der Waals surface area contributed by atoms with Gasteiger partial charge in [0, 0.05) is 5.92 Å². The van der Waals surface area contributed by atoms with E-state index in [4.69, 9.17) is 4.74 Å². The number of carboxylic acid groups (broad SMARTS) is 1. The lowest BCUT2D eigenvalue weighted by molar-refractivity contribution is 0.0698. The Morgan fingerprint density at radius 3 is 1.97 bits per heavy atom. The fourth-order valence-electron chi connectivity index (χ4n) is 4.27. The molecule has 5 nitrogen and oxygen atoms in total. The number of rotatable bonds is 4. The average Bonchev–Trinajstić information content (AvgIpc) is 3.11. The Kier molecular flexibility index (Phi) is 4.64. The predicted molar refractivity (Wildman–Crippen MR) is 120 cm³/mol. The number of benzene rings is 4. The zero-order chi connectivity index (χ0) is 21.4. The van der Waals surface area contributed by atoms with Gasteiger partial charge in [0.2, 0.25) is 0 Å². The van der Waals surface area contributed by atoms with Crippen molar-refractivity contribution in [1.29, 1.82) is 0 Å². The van der Waals surface area contributed by atoms with Crippen molar-refractivity contribution in [3.63, 3.8) is 0 Å². The summed E-state index contributed by atoms with van der Waals surface area (Å²) in [7, 11) is 0. The van der Waals surface area contributed by atoms with E-state index in [1.165, 1.54) is 0 Å². The van der Waals surface area contributed by atoms with Crippen molar-refractivity contribution < 1.29 is 19.4 Å². The molecule has 1 aliphatic rings. The molecule has 1 amide bonds. The third-order valence-corrected chi connectivity index (χ3v) is 5.70. The van der Waals surface area contributed by atoms with Gasteiger partial charge in [0.15, 0.2) is 0 Å². The summed E-state index contributed by atoms with van der Waals surface area (Å²) in [5.74, 6) is -1.17. The average molecular weight is 409 g/mol. The summed E-state index contributed by atoms with van der Waals surface area (Å²) in [6, 6.07) is 26.8. The molecule has 0 aromatic heterocycles. The minimum absolute atomic E-state index is 0.0206. The lowest BCUT2D eigenvalue weighted by Crippen LogP contribution is -2.19. The number of hydrogen-bond donors (Lipinski definition) is 2. The Morgan fingerprint density at radius 2 is 1.35 bits per heavy atom. The maximum atomic E-state index is 12.6. The molecule has 1 aliphatic carbocycles. The highest BCUT2D eigenvalue weighted by Gasteiger charge is 2.29. The zero-order valence-electron chi connectivity index (χ0n) is 16.5. The molecule has 0 atom stereocenters. The molecular formula is C26H19NO4. The van der Waals surface area contributed by atoms with Gasteiger partial charge in [-0.3, -0.25) is 5.32 Å². The van der Waals surface area contributed by atoms with Gasteiger partial charge in [-0.2, -0.15) is 0 Å². The molecule has 4 aromatic rings. The molecule has 152 valence electrons. The minimum Gasteiger partial charge on any atom is -0.478 e. The lowest BCUT2D eigenvalue weighted by atomic mass is 9.98. The Balaban J connectivity index is 1.38. The summed E-state index contributed by atoms with van der Waals surface area (Å²) >= 11 is 0. The monoisotopic (exact) mass is 409 g/mol. The molecule has 4 aromatic carbocycles. The van der Waals surface area contributed by atoms with E-state index in [1.54, 1.807) is 12.1 Å². The lowest BCUT2D eigenvalue weighted by Gasteiger charge is -2.15. The first-order valence-electron chi connectivity index (χ1n) is 10.00. The maximum Gasteiger partial charge on any atom is 0.411 e. The highest BCUT2D eigenvalue weighted by atomic mass is 16.5. The van der Waals surface area contributed by atoms with Gasteiger partial charge in [0.05, 0.1) is 11.3 Å². The third kappa shape index (κ3) is 3.40. The fraction of sp³-hybridized carbons (Fsp3) is 0.0769. The number of anilines is 1. The zero-order valence-corrected chi connectivity index (χ0v) is 16.5. The van der Waals surface area contributed by atoms with Crippen LogP contribution in [0, 0.1) is 0 Å². The first kappa shape index (κ1) is 18.9. The van der Waals surface area contributed by atoms with Crippen LogP contribution < -0.4 is 5.32 Å². The van der Waals surface area contributed by atoms with Crippen LogP contribution in [0.2, 0.25) is 0 Å². The van der Waals surface area contributed by atoms with Gasteiger partial charge in [-0.15, -0.1) is 0 Å². The van der Waals surface area contributed by atoms with Crippen LogP contribution in [0.4, 0.5) is 10.5 Å². The largest absolute Gasteiger partial charge is 0.478 e. The van der Waals surface area contributed by atoms with Crippen LogP contribution in [-0.4, -0.2) is 23.8 Å². The number of amides is 1. The summed E-state index contributed by atoms with van der Waals surface area (Å²) < 4.78 is 5.55. The standard InChI is InChI=1S/C26H19NO4/c28-25(29)22-13-16-7-1-2-8-17(16)14-24(22)27-26(30)31-15-23-20-11-5-3-9-18(20)19-10-4-6-12-21(19)23/h1-14,23H,15H2,(H,27,30)(H,28,29). The maximum absolute atomic E-state index is 12.6. The summed E-state index contributed by atoms with van der Waals surface area (Å²) in [5, 5.41) is 13.8. The van der Waals surface area contributed by atoms with Gasteiger partial charge in [0.1, 0.15) is 6.61 Å². The highest BCUT2D eigenvalue weighted by Crippen LogP contribution is 2.44. The van der Waals surface area contributed by atoms with Crippen molar-refractivity contribution in [3.05, 3.63) is 102 Å². The molecule has 0 bridgehead atoms. The Hall–Kier alpha value is -4.12. The van der Waals surface area contributed by atoms with Gasteiger partial charge in [0.25, 0.3) is 0 Å². The summed E-state index contributed by atoms with van der Waals surface area (Å²) in [6.45, 7) is 0.163. The molecule has 0 spiro atoms. The van der Waals surface area contributed by atoms with Gasteiger partial charge in [-0.05, 0) is 45.2 Å². The first-order valence-corrected chi connectivity index (χ1v) is 10.00. The van der Waals surface area contributed by atoms with E-state index in [-0.39, 0.29) is 23.8 Å². The second kappa shape index (κ2) is 7.61. The van der Waals surface area contributed by atoms with Crippen LogP contribution in [0.25, 0.3) is 21.9 Å². The smallest absolute Gasteiger partial charge is 0.411 e. The van der Waals surface area contributed by atoms with Crippen LogP contribution in [0.3, 0.4) is 0 Å².